The van der Waals surface area contributed by atoms with Crippen molar-refractivity contribution >= 4 is 19.8 Å². The van der Waals surface area contributed by atoms with Gasteiger partial charge in [0.1, 0.15) is 0 Å². The topological polar surface area (TPSA) is 21.7 Å². The van der Waals surface area contributed by atoms with Crippen LogP contribution >= 0.6 is 0 Å². The van der Waals surface area contributed by atoms with Gasteiger partial charge in [0.2, 0.25) is 0 Å². The molecule has 23 heavy (non-hydrogen) atoms. The Labute approximate surface area is 143 Å². The zero-order valence-corrected chi connectivity index (χ0v) is 16.3. The number of rotatable bonds is 12. The first kappa shape index (κ1) is 20.1. The summed E-state index contributed by atoms with van der Waals surface area (Å²) in [5.74, 6) is 0. The normalized spacial score (nSPS) is 11.9. The quantitative estimate of drug-likeness (QED) is 0.544. The van der Waals surface area contributed by atoms with E-state index >= 15 is 0 Å². The van der Waals surface area contributed by atoms with Crippen LogP contribution in [-0.2, 0) is 8.85 Å². The lowest BCUT2D eigenvalue weighted by molar-refractivity contribution is 0.211. The minimum atomic E-state index is -2.43. The summed E-state index contributed by atoms with van der Waals surface area (Å²) < 4.78 is 12.0. The van der Waals surface area contributed by atoms with Crippen molar-refractivity contribution in [3.05, 3.63) is 36.4 Å². The van der Waals surface area contributed by atoms with Gasteiger partial charge < -0.3 is 13.8 Å². The highest BCUT2D eigenvalue weighted by atomic mass is 28.4. The van der Waals surface area contributed by atoms with Crippen molar-refractivity contribution in [1.82, 2.24) is 4.90 Å². The van der Waals surface area contributed by atoms with Gasteiger partial charge in [0, 0.05) is 20.4 Å². The first-order valence-corrected chi connectivity index (χ1v) is 10.7. The van der Waals surface area contributed by atoms with Gasteiger partial charge in [-0.2, -0.15) is 0 Å². The van der Waals surface area contributed by atoms with Crippen LogP contribution in [0.25, 0.3) is 6.08 Å². The molecule has 0 saturated carbocycles. The summed E-state index contributed by atoms with van der Waals surface area (Å²) in [4.78, 5) is 2.52. The molecule has 0 saturated heterocycles. The van der Waals surface area contributed by atoms with E-state index in [-0.39, 0.29) is 0 Å². The second-order valence-electron chi connectivity index (χ2n) is 5.97. The number of hydrogen-bond acceptors (Lipinski definition) is 3. The van der Waals surface area contributed by atoms with E-state index in [0.29, 0.717) is 0 Å². The van der Waals surface area contributed by atoms with Crippen LogP contribution in [0.5, 0.6) is 0 Å². The fraction of sp³-hybridized carbons (Fsp3) is 0.579. The van der Waals surface area contributed by atoms with Gasteiger partial charge in [0.25, 0.3) is 0 Å². The Morgan fingerprint density at radius 3 is 1.91 bits per heavy atom. The van der Waals surface area contributed by atoms with Crippen LogP contribution in [0.15, 0.2) is 30.8 Å². The van der Waals surface area contributed by atoms with Gasteiger partial charge in [0.05, 0.1) is 0 Å². The van der Waals surface area contributed by atoms with E-state index in [4.69, 9.17) is 8.85 Å². The maximum atomic E-state index is 5.99. The number of hydrogen-bond donors (Lipinski definition) is 0. The van der Waals surface area contributed by atoms with Crippen molar-refractivity contribution in [3.63, 3.8) is 0 Å². The van der Waals surface area contributed by atoms with Crippen molar-refractivity contribution in [3.8, 4) is 0 Å². The highest BCUT2D eigenvalue weighted by molar-refractivity contribution is 6.81. The lowest BCUT2D eigenvalue weighted by Crippen LogP contribution is -2.60. The lowest BCUT2D eigenvalue weighted by Gasteiger charge is -2.34. The molecule has 0 atom stereocenters. The standard InChI is InChI=1S/C19H33NO2Si/c1-6-9-15-20(16-10-7-2)17-23(21-4,22-5)19-13-11-18(8-3)12-14-19/h8,11-14H,3,6-7,9-10,15-17H2,1-2,4-5H3. The van der Waals surface area contributed by atoms with E-state index in [1.165, 1.54) is 30.9 Å². The van der Waals surface area contributed by atoms with Crippen molar-refractivity contribution in [2.75, 3.05) is 33.5 Å². The third kappa shape index (κ3) is 5.88. The fourth-order valence-corrected chi connectivity index (χ4v) is 5.40. The SMILES string of the molecule is C=Cc1ccc([Si](CN(CCCC)CCCC)(OC)OC)cc1. The predicted molar refractivity (Wildman–Crippen MR) is 102 cm³/mol. The molecular weight excluding hydrogens is 302 g/mol. The highest BCUT2D eigenvalue weighted by Crippen LogP contribution is 2.12. The summed E-state index contributed by atoms with van der Waals surface area (Å²) in [6.45, 7) is 10.5. The molecule has 1 aromatic carbocycles. The summed E-state index contributed by atoms with van der Waals surface area (Å²) >= 11 is 0. The Balaban J connectivity index is 2.96. The number of nitrogens with zero attached hydrogens (tertiary/aromatic N) is 1. The lowest BCUT2D eigenvalue weighted by atomic mass is 10.2. The van der Waals surface area contributed by atoms with Crippen LogP contribution in [0.3, 0.4) is 0 Å². The second-order valence-corrected chi connectivity index (χ2v) is 9.19. The average molecular weight is 336 g/mol. The molecule has 0 amide bonds. The van der Waals surface area contributed by atoms with Crippen LogP contribution in [0.4, 0.5) is 0 Å². The average Bonchev–Trinajstić information content (AvgIpc) is 2.61. The molecule has 130 valence electrons. The van der Waals surface area contributed by atoms with Crippen LogP contribution in [0, 0.1) is 0 Å². The van der Waals surface area contributed by atoms with Gasteiger partial charge >= 0.3 is 8.56 Å². The van der Waals surface area contributed by atoms with E-state index in [0.717, 1.165) is 24.8 Å². The van der Waals surface area contributed by atoms with Crippen molar-refractivity contribution < 1.29 is 8.85 Å². The van der Waals surface area contributed by atoms with Crippen molar-refractivity contribution in [1.29, 1.82) is 0 Å². The van der Waals surface area contributed by atoms with Gasteiger partial charge in [-0.15, -0.1) is 0 Å². The maximum Gasteiger partial charge on any atom is 0.386 e. The largest absolute Gasteiger partial charge is 0.394 e. The first-order valence-electron chi connectivity index (χ1n) is 8.71. The van der Waals surface area contributed by atoms with Crippen LogP contribution in [0.1, 0.15) is 45.1 Å². The summed E-state index contributed by atoms with van der Waals surface area (Å²) in [5, 5.41) is 1.19. The Kier molecular flexibility index (Phi) is 9.40. The molecule has 0 unspecified atom stereocenters. The van der Waals surface area contributed by atoms with E-state index in [9.17, 15) is 0 Å². The Hall–Kier alpha value is -0.943. The minimum absolute atomic E-state index is 0.882. The molecule has 0 radical (unpaired) electrons. The molecule has 4 heteroatoms. The minimum Gasteiger partial charge on any atom is -0.394 e. The monoisotopic (exact) mass is 335 g/mol. The van der Waals surface area contributed by atoms with Gasteiger partial charge in [-0.1, -0.05) is 63.6 Å². The molecule has 0 spiro atoms. The summed E-state index contributed by atoms with van der Waals surface area (Å²) in [6.07, 6.45) is 7.61. The molecular formula is C19H33NO2Si. The van der Waals surface area contributed by atoms with Gasteiger partial charge in [0.15, 0.2) is 0 Å². The molecule has 1 rings (SSSR count). The van der Waals surface area contributed by atoms with Crippen LogP contribution < -0.4 is 5.19 Å². The summed E-state index contributed by atoms with van der Waals surface area (Å²) in [6, 6.07) is 8.44. The molecule has 3 nitrogen and oxygen atoms in total. The Morgan fingerprint density at radius 2 is 1.52 bits per heavy atom. The van der Waals surface area contributed by atoms with Crippen molar-refractivity contribution in [2.24, 2.45) is 0 Å². The van der Waals surface area contributed by atoms with Crippen LogP contribution in [0.2, 0.25) is 0 Å². The molecule has 0 N–H and O–H groups in total. The molecule has 0 aliphatic carbocycles. The first-order chi connectivity index (χ1) is 11.2. The molecule has 0 aliphatic heterocycles. The fourth-order valence-electron chi connectivity index (χ4n) is 2.74. The van der Waals surface area contributed by atoms with Crippen molar-refractivity contribution in [2.45, 2.75) is 39.5 Å². The smallest absolute Gasteiger partial charge is 0.386 e. The van der Waals surface area contributed by atoms with E-state index in [2.05, 4.69) is 49.6 Å². The third-order valence-electron chi connectivity index (χ3n) is 4.33. The number of unbranched alkanes of at least 4 members (excludes halogenated alkanes) is 2. The van der Waals surface area contributed by atoms with E-state index < -0.39 is 8.56 Å². The maximum absolute atomic E-state index is 5.99. The highest BCUT2D eigenvalue weighted by Gasteiger charge is 2.40. The molecule has 0 fully saturated rings. The van der Waals surface area contributed by atoms with Gasteiger partial charge in [-0.3, -0.25) is 0 Å². The zero-order chi connectivity index (χ0) is 17.1. The molecule has 0 heterocycles. The Morgan fingerprint density at radius 1 is 1.00 bits per heavy atom. The molecule has 0 aromatic heterocycles. The number of benzene rings is 1. The Bertz CT molecular complexity index is 435. The zero-order valence-electron chi connectivity index (χ0n) is 15.3. The third-order valence-corrected chi connectivity index (χ3v) is 7.73. The van der Waals surface area contributed by atoms with Gasteiger partial charge in [-0.05, 0) is 36.7 Å². The second kappa shape index (κ2) is 10.8. The predicted octanol–water partition coefficient (Wildman–Crippen LogP) is 3.71. The van der Waals surface area contributed by atoms with E-state index in [1.807, 2.05) is 6.08 Å². The summed E-state index contributed by atoms with van der Waals surface area (Å²) in [5.41, 5.74) is 1.12. The summed E-state index contributed by atoms with van der Waals surface area (Å²) in [7, 11) is 1.15. The van der Waals surface area contributed by atoms with Gasteiger partial charge in [-0.25, -0.2) is 0 Å². The van der Waals surface area contributed by atoms with Crippen LogP contribution in [-0.4, -0.2) is 46.9 Å². The molecule has 0 aliphatic rings. The molecule has 0 bridgehead atoms. The molecule has 1 aromatic rings. The van der Waals surface area contributed by atoms with E-state index in [1.54, 1.807) is 14.2 Å².